The minimum atomic E-state index is -3.45. The van der Waals surface area contributed by atoms with Gasteiger partial charge in [-0.05, 0) is 49.4 Å². The number of fused-ring (bicyclic) bond motifs is 1. The molecule has 1 saturated heterocycles. The molecule has 1 aliphatic heterocycles. The molecule has 3 rings (SSSR count). The van der Waals surface area contributed by atoms with Gasteiger partial charge >= 0.3 is 0 Å². The molecule has 1 N–H and O–H groups in total. The van der Waals surface area contributed by atoms with Crippen molar-refractivity contribution >= 4 is 15.9 Å². The second-order valence-electron chi connectivity index (χ2n) is 6.51. The van der Waals surface area contributed by atoms with Gasteiger partial charge in [0.2, 0.25) is 15.9 Å². The Kier molecular flexibility index (Phi) is 4.94. The monoisotopic (exact) mass is 351 g/mol. The van der Waals surface area contributed by atoms with E-state index in [0.717, 1.165) is 19.3 Å². The summed E-state index contributed by atoms with van der Waals surface area (Å²) < 4.78 is 27.3. The van der Waals surface area contributed by atoms with Gasteiger partial charge in [-0.15, -0.1) is 0 Å². The molecule has 1 fully saturated rings. The highest BCUT2D eigenvalue weighted by atomic mass is 32.2. The van der Waals surface area contributed by atoms with Crippen molar-refractivity contribution in [3.05, 3.63) is 29.3 Å². The Morgan fingerprint density at radius 2 is 1.79 bits per heavy atom. The predicted molar refractivity (Wildman–Crippen MR) is 92.3 cm³/mol. The van der Waals surface area contributed by atoms with Gasteiger partial charge in [-0.2, -0.15) is 4.31 Å². The van der Waals surface area contributed by atoms with E-state index in [9.17, 15) is 13.2 Å². The standard InChI is InChI=1S/C17H25N3O3S/c1-13(17(21)18-2)19-8-10-20(11-9-19)24(22,23)16-7-6-14-4-3-5-15(14)12-16/h6-7,12-13H,3-5,8-11H2,1-2H3,(H,18,21)/t13-/m1/s1. The van der Waals surface area contributed by atoms with Crippen LogP contribution in [0.1, 0.15) is 24.5 Å². The molecule has 1 atom stereocenters. The van der Waals surface area contributed by atoms with Crippen molar-refractivity contribution in [1.82, 2.24) is 14.5 Å². The highest BCUT2D eigenvalue weighted by Gasteiger charge is 2.32. The van der Waals surface area contributed by atoms with E-state index in [4.69, 9.17) is 0 Å². The number of amides is 1. The molecule has 7 heteroatoms. The van der Waals surface area contributed by atoms with Crippen molar-refractivity contribution in [2.45, 2.75) is 37.1 Å². The number of piperazine rings is 1. The van der Waals surface area contributed by atoms with Crippen LogP contribution in [-0.2, 0) is 27.7 Å². The van der Waals surface area contributed by atoms with Crippen LogP contribution in [0.5, 0.6) is 0 Å². The van der Waals surface area contributed by atoms with Crippen LogP contribution in [0, 0.1) is 0 Å². The Hall–Kier alpha value is -1.44. The van der Waals surface area contributed by atoms with Gasteiger partial charge in [-0.25, -0.2) is 8.42 Å². The topological polar surface area (TPSA) is 69.7 Å². The average Bonchev–Trinajstić information content (AvgIpc) is 3.08. The average molecular weight is 351 g/mol. The maximum atomic E-state index is 12.9. The Bertz CT molecular complexity index is 725. The number of hydrogen-bond acceptors (Lipinski definition) is 4. The number of benzene rings is 1. The lowest BCUT2D eigenvalue weighted by molar-refractivity contribution is -0.125. The zero-order chi connectivity index (χ0) is 17.3. The number of nitrogens with one attached hydrogen (secondary N) is 1. The molecular weight excluding hydrogens is 326 g/mol. The lowest BCUT2D eigenvalue weighted by atomic mass is 10.1. The van der Waals surface area contributed by atoms with Crippen molar-refractivity contribution in [1.29, 1.82) is 0 Å². The molecule has 1 aromatic carbocycles. The van der Waals surface area contributed by atoms with Crippen LogP contribution in [0.4, 0.5) is 0 Å². The van der Waals surface area contributed by atoms with Crippen molar-refractivity contribution < 1.29 is 13.2 Å². The fourth-order valence-electron chi connectivity index (χ4n) is 3.56. The summed E-state index contributed by atoms with van der Waals surface area (Å²) in [7, 11) is -1.83. The lowest BCUT2D eigenvalue weighted by Gasteiger charge is -2.36. The number of aryl methyl sites for hydroxylation is 2. The van der Waals surface area contributed by atoms with Crippen LogP contribution in [0.15, 0.2) is 23.1 Å². The van der Waals surface area contributed by atoms with Crippen LogP contribution < -0.4 is 5.32 Å². The number of carbonyl (C=O) groups is 1. The summed E-state index contributed by atoms with van der Waals surface area (Å²) in [4.78, 5) is 14.2. The fourth-order valence-corrected chi connectivity index (χ4v) is 5.04. The van der Waals surface area contributed by atoms with E-state index in [0.29, 0.717) is 31.1 Å². The van der Waals surface area contributed by atoms with E-state index in [2.05, 4.69) is 5.32 Å². The normalized spacial score (nSPS) is 20.6. The maximum absolute atomic E-state index is 12.9. The molecule has 6 nitrogen and oxygen atoms in total. The second kappa shape index (κ2) is 6.82. The van der Waals surface area contributed by atoms with Gasteiger partial charge in [0.25, 0.3) is 0 Å². The highest BCUT2D eigenvalue weighted by molar-refractivity contribution is 7.89. The van der Waals surface area contributed by atoms with Gasteiger partial charge in [0, 0.05) is 33.2 Å². The third kappa shape index (κ3) is 3.20. The van der Waals surface area contributed by atoms with E-state index in [-0.39, 0.29) is 11.9 Å². The van der Waals surface area contributed by atoms with Gasteiger partial charge in [0.1, 0.15) is 0 Å². The van der Waals surface area contributed by atoms with Gasteiger partial charge < -0.3 is 5.32 Å². The summed E-state index contributed by atoms with van der Waals surface area (Å²) in [6, 6.07) is 5.30. The smallest absolute Gasteiger partial charge is 0.243 e. The number of carbonyl (C=O) groups excluding carboxylic acids is 1. The molecule has 132 valence electrons. The molecule has 1 aliphatic carbocycles. The second-order valence-corrected chi connectivity index (χ2v) is 8.45. The molecule has 0 spiro atoms. The van der Waals surface area contributed by atoms with E-state index in [1.165, 1.54) is 15.4 Å². The van der Waals surface area contributed by atoms with Crippen LogP contribution in [0.25, 0.3) is 0 Å². The van der Waals surface area contributed by atoms with E-state index in [1.54, 1.807) is 13.1 Å². The Morgan fingerprint density at radius 3 is 2.46 bits per heavy atom. The molecule has 24 heavy (non-hydrogen) atoms. The molecule has 2 aliphatic rings. The summed E-state index contributed by atoms with van der Waals surface area (Å²) in [5.74, 6) is -0.0371. The molecule has 0 bridgehead atoms. The third-order valence-electron chi connectivity index (χ3n) is 5.15. The molecule has 1 amide bonds. The molecule has 1 heterocycles. The van der Waals surface area contributed by atoms with Crippen molar-refractivity contribution in [2.75, 3.05) is 33.2 Å². The third-order valence-corrected chi connectivity index (χ3v) is 7.05. The number of sulfonamides is 1. The molecular formula is C17H25N3O3S. The van der Waals surface area contributed by atoms with E-state index in [1.807, 2.05) is 24.0 Å². The SMILES string of the molecule is CNC(=O)[C@@H](C)N1CCN(S(=O)(=O)c2ccc3c(c2)CCC3)CC1. The first kappa shape index (κ1) is 17.4. The minimum Gasteiger partial charge on any atom is -0.358 e. The molecule has 0 saturated carbocycles. The van der Waals surface area contributed by atoms with Crippen LogP contribution in [-0.4, -0.2) is 62.8 Å². The fraction of sp³-hybridized carbons (Fsp3) is 0.588. The summed E-state index contributed by atoms with van der Waals surface area (Å²) in [6.45, 7) is 3.82. The molecule has 0 aromatic heterocycles. The number of hydrogen-bond donors (Lipinski definition) is 1. The Morgan fingerprint density at radius 1 is 1.12 bits per heavy atom. The van der Waals surface area contributed by atoms with Crippen molar-refractivity contribution in [3.8, 4) is 0 Å². The summed E-state index contributed by atoms with van der Waals surface area (Å²) in [5, 5.41) is 2.64. The first-order chi connectivity index (χ1) is 11.4. The largest absolute Gasteiger partial charge is 0.358 e. The van der Waals surface area contributed by atoms with E-state index >= 15 is 0 Å². The molecule has 0 unspecified atom stereocenters. The lowest BCUT2D eigenvalue weighted by Crippen LogP contribution is -2.54. The summed E-state index contributed by atoms with van der Waals surface area (Å²) in [5.41, 5.74) is 2.45. The van der Waals surface area contributed by atoms with Crippen molar-refractivity contribution in [2.24, 2.45) is 0 Å². The van der Waals surface area contributed by atoms with Crippen LogP contribution in [0.3, 0.4) is 0 Å². The number of likely N-dealkylation sites (N-methyl/N-ethyl adjacent to an activating group) is 1. The van der Waals surface area contributed by atoms with Crippen LogP contribution >= 0.6 is 0 Å². The van der Waals surface area contributed by atoms with Gasteiger partial charge in [-0.1, -0.05) is 6.07 Å². The van der Waals surface area contributed by atoms with Crippen molar-refractivity contribution in [3.63, 3.8) is 0 Å². The number of nitrogens with zero attached hydrogens (tertiary/aromatic N) is 2. The Labute approximate surface area is 143 Å². The zero-order valence-electron chi connectivity index (χ0n) is 14.3. The van der Waals surface area contributed by atoms with Gasteiger partial charge in [-0.3, -0.25) is 9.69 Å². The quantitative estimate of drug-likeness (QED) is 0.863. The first-order valence-electron chi connectivity index (χ1n) is 8.51. The zero-order valence-corrected chi connectivity index (χ0v) is 15.1. The molecule has 0 radical (unpaired) electrons. The van der Waals surface area contributed by atoms with Crippen LogP contribution in [0.2, 0.25) is 0 Å². The maximum Gasteiger partial charge on any atom is 0.243 e. The van der Waals surface area contributed by atoms with E-state index < -0.39 is 10.0 Å². The predicted octanol–water partition coefficient (Wildman–Crippen LogP) is 0.616. The minimum absolute atomic E-state index is 0.0371. The Balaban J connectivity index is 1.70. The highest BCUT2D eigenvalue weighted by Crippen LogP contribution is 2.26. The first-order valence-corrected chi connectivity index (χ1v) is 9.95. The van der Waals surface area contributed by atoms with Gasteiger partial charge in [0.05, 0.1) is 10.9 Å². The summed E-state index contributed by atoms with van der Waals surface area (Å²) >= 11 is 0. The molecule has 1 aromatic rings. The van der Waals surface area contributed by atoms with Gasteiger partial charge in [0.15, 0.2) is 0 Å². The summed E-state index contributed by atoms with van der Waals surface area (Å²) in [6.07, 6.45) is 3.12. The number of rotatable bonds is 4.